The molecule has 0 aliphatic carbocycles. The lowest BCUT2D eigenvalue weighted by Crippen LogP contribution is -2.31. The predicted molar refractivity (Wildman–Crippen MR) is 87.0 cm³/mol. The highest BCUT2D eigenvalue weighted by molar-refractivity contribution is 7.88. The van der Waals surface area contributed by atoms with Crippen molar-refractivity contribution in [3.63, 3.8) is 0 Å². The minimum absolute atomic E-state index is 0.0660. The van der Waals surface area contributed by atoms with Crippen LogP contribution in [0.25, 0.3) is 0 Å². The average molecular weight is 337 g/mol. The summed E-state index contributed by atoms with van der Waals surface area (Å²) in [6.45, 7) is 0.548. The zero-order valence-electron chi connectivity index (χ0n) is 12.0. The Morgan fingerprint density at radius 3 is 2.77 bits per heavy atom. The van der Waals surface area contributed by atoms with E-state index in [0.29, 0.717) is 17.1 Å². The number of hydrogen-bond acceptors (Lipinski definition) is 3. The van der Waals surface area contributed by atoms with E-state index in [2.05, 4.69) is 4.98 Å². The number of rotatable bonds is 4. The van der Waals surface area contributed by atoms with E-state index in [9.17, 15) is 8.42 Å². The second kappa shape index (κ2) is 6.36. The van der Waals surface area contributed by atoms with Gasteiger partial charge in [0.05, 0.1) is 11.8 Å². The van der Waals surface area contributed by atoms with Gasteiger partial charge in [0.25, 0.3) is 0 Å². The standard InChI is InChI=1S/C16H17ClN2O2S/c17-15-7-2-1-5-14(15)12-22(20,21)19-10-4-8-16(19)13-6-3-9-18-11-13/h1-3,5-7,9,11,16H,4,8,10,12H2. The molecule has 1 aliphatic rings. The predicted octanol–water partition coefficient (Wildman–Crippen LogP) is 3.40. The van der Waals surface area contributed by atoms with Crippen LogP contribution in [0.15, 0.2) is 48.8 Å². The van der Waals surface area contributed by atoms with Gasteiger partial charge in [0.15, 0.2) is 0 Å². The highest BCUT2D eigenvalue weighted by atomic mass is 35.5. The molecule has 0 radical (unpaired) electrons. The summed E-state index contributed by atoms with van der Waals surface area (Å²) in [4.78, 5) is 4.10. The van der Waals surface area contributed by atoms with Crippen molar-refractivity contribution in [1.82, 2.24) is 9.29 Å². The van der Waals surface area contributed by atoms with Gasteiger partial charge in [-0.15, -0.1) is 0 Å². The van der Waals surface area contributed by atoms with Gasteiger partial charge in [-0.25, -0.2) is 8.42 Å². The van der Waals surface area contributed by atoms with Crippen LogP contribution in [0.2, 0.25) is 5.02 Å². The van der Waals surface area contributed by atoms with Crippen LogP contribution in [0.5, 0.6) is 0 Å². The third-order valence-electron chi connectivity index (χ3n) is 3.93. The molecule has 3 rings (SSSR count). The Hall–Kier alpha value is -1.43. The SMILES string of the molecule is O=S(=O)(Cc1ccccc1Cl)N1CCCC1c1cccnc1. The number of benzene rings is 1. The van der Waals surface area contributed by atoms with Gasteiger partial charge in [-0.3, -0.25) is 4.98 Å². The van der Waals surface area contributed by atoms with Gasteiger partial charge in [0.1, 0.15) is 0 Å². The zero-order chi connectivity index (χ0) is 15.6. The lowest BCUT2D eigenvalue weighted by Gasteiger charge is -2.24. The smallest absolute Gasteiger partial charge is 0.218 e. The van der Waals surface area contributed by atoms with Crippen LogP contribution in [-0.2, 0) is 15.8 Å². The summed E-state index contributed by atoms with van der Waals surface area (Å²) in [5, 5.41) is 0.489. The largest absolute Gasteiger partial charge is 0.264 e. The van der Waals surface area contributed by atoms with E-state index in [1.165, 1.54) is 0 Å². The molecule has 1 unspecified atom stereocenters. The van der Waals surface area contributed by atoms with E-state index in [0.717, 1.165) is 18.4 Å². The van der Waals surface area contributed by atoms with Gasteiger partial charge in [-0.1, -0.05) is 35.9 Å². The number of nitrogens with zero attached hydrogens (tertiary/aromatic N) is 2. The quantitative estimate of drug-likeness (QED) is 0.859. The van der Waals surface area contributed by atoms with Gasteiger partial charge in [0, 0.05) is 24.0 Å². The molecular weight excluding hydrogens is 320 g/mol. The summed E-state index contributed by atoms with van der Waals surface area (Å²) in [6, 6.07) is 10.7. The summed E-state index contributed by atoms with van der Waals surface area (Å²) in [5.74, 6) is -0.0660. The molecule has 1 aromatic carbocycles. The monoisotopic (exact) mass is 336 g/mol. The molecule has 0 saturated carbocycles. The molecule has 1 fully saturated rings. The molecule has 0 N–H and O–H groups in total. The topological polar surface area (TPSA) is 50.3 Å². The number of aromatic nitrogens is 1. The van der Waals surface area contributed by atoms with Gasteiger partial charge >= 0.3 is 0 Å². The van der Waals surface area contributed by atoms with Crippen molar-refractivity contribution in [3.8, 4) is 0 Å². The second-order valence-electron chi connectivity index (χ2n) is 5.40. The van der Waals surface area contributed by atoms with Crippen molar-refractivity contribution in [2.45, 2.75) is 24.6 Å². The fourth-order valence-corrected chi connectivity index (χ4v) is 4.99. The van der Waals surface area contributed by atoms with Crippen LogP contribution in [-0.4, -0.2) is 24.3 Å². The minimum Gasteiger partial charge on any atom is -0.264 e. The Balaban J connectivity index is 1.87. The Kier molecular flexibility index (Phi) is 4.47. The van der Waals surface area contributed by atoms with Crippen LogP contribution in [0.1, 0.15) is 30.0 Å². The maximum Gasteiger partial charge on any atom is 0.218 e. The Morgan fingerprint density at radius 1 is 1.23 bits per heavy atom. The molecule has 0 amide bonds. The molecule has 1 aliphatic heterocycles. The van der Waals surface area contributed by atoms with Crippen LogP contribution in [0.3, 0.4) is 0 Å². The molecule has 2 aromatic rings. The van der Waals surface area contributed by atoms with E-state index in [1.807, 2.05) is 12.1 Å². The highest BCUT2D eigenvalue weighted by Gasteiger charge is 2.35. The molecular formula is C16H17ClN2O2S. The van der Waals surface area contributed by atoms with Crippen molar-refractivity contribution in [3.05, 3.63) is 64.9 Å². The third-order valence-corrected chi connectivity index (χ3v) is 6.12. The van der Waals surface area contributed by atoms with E-state index < -0.39 is 10.0 Å². The zero-order valence-corrected chi connectivity index (χ0v) is 13.6. The summed E-state index contributed by atoms with van der Waals surface area (Å²) in [7, 11) is -3.41. The van der Waals surface area contributed by atoms with E-state index in [1.54, 1.807) is 41.0 Å². The minimum atomic E-state index is -3.41. The molecule has 0 spiro atoms. The van der Waals surface area contributed by atoms with Crippen LogP contribution in [0, 0.1) is 0 Å². The fourth-order valence-electron chi connectivity index (χ4n) is 2.87. The lowest BCUT2D eigenvalue weighted by molar-refractivity contribution is 0.395. The Bertz CT molecular complexity index is 750. The Labute approximate surface area is 135 Å². The maximum atomic E-state index is 12.8. The first-order valence-electron chi connectivity index (χ1n) is 7.21. The molecule has 116 valence electrons. The second-order valence-corrected chi connectivity index (χ2v) is 7.73. The van der Waals surface area contributed by atoms with Crippen LogP contribution < -0.4 is 0 Å². The number of sulfonamides is 1. The number of hydrogen-bond donors (Lipinski definition) is 0. The summed E-state index contributed by atoms with van der Waals surface area (Å²) in [6.07, 6.45) is 5.13. The molecule has 2 heterocycles. The molecule has 6 heteroatoms. The van der Waals surface area contributed by atoms with E-state index in [-0.39, 0.29) is 11.8 Å². The summed E-state index contributed by atoms with van der Waals surface area (Å²) in [5.41, 5.74) is 1.59. The first-order chi connectivity index (χ1) is 10.6. The van der Waals surface area contributed by atoms with E-state index >= 15 is 0 Å². The molecule has 1 aromatic heterocycles. The van der Waals surface area contributed by atoms with E-state index in [4.69, 9.17) is 11.6 Å². The average Bonchev–Trinajstić information content (AvgIpc) is 3.01. The molecule has 1 saturated heterocycles. The fraction of sp³-hybridized carbons (Fsp3) is 0.312. The molecule has 4 nitrogen and oxygen atoms in total. The van der Waals surface area contributed by atoms with Crippen molar-refractivity contribution < 1.29 is 8.42 Å². The maximum absolute atomic E-state index is 12.8. The first-order valence-corrected chi connectivity index (χ1v) is 9.19. The van der Waals surface area contributed by atoms with Crippen molar-refractivity contribution in [1.29, 1.82) is 0 Å². The van der Waals surface area contributed by atoms with Crippen molar-refractivity contribution in [2.75, 3.05) is 6.54 Å². The number of pyridine rings is 1. The highest BCUT2D eigenvalue weighted by Crippen LogP contribution is 2.35. The summed E-state index contributed by atoms with van der Waals surface area (Å²) < 4.78 is 27.2. The lowest BCUT2D eigenvalue weighted by atomic mass is 10.1. The van der Waals surface area contributed by atoms with Crippen molar-refractivity contribution in [2.24, 2.45) is 0 Å². The van der Waals surface area contributed by atoms with Crippen LogP contribution >= 0.6 is 11.6 Å². The van der Waals surface area contributed by atoms with Crippen molar-refractivity contribution >= 4 is 21.6 Å². The van der Waals surface area contributed by atoms with Gasteiger partial charge in [-0.2, -0.15) is 4.31 Å². The van der Waals surface area contributed by atoms with Gasteiger partial charge in [-0.05, 0) is 36.1 Å². The normalized spacial score (nSPS) is 19.4. The summed E-state index contributed by atoms with van der Waals surface area (Å²) >= 11 is 6.10. The van der Waals surface area contributed by atoms with Gasteiger partial charge < -0.3 is 0 Å². The molecule has 1 atom stereocenters. The number of halogens is 1. The molecule has 22 heavy (non-hydrogen) atoms. The third kappa shape index (κ3) is 3.16. The van der Waals surface area contributed by atoms with Gasteiger partial charge in [0.2, 0.25) is 10.0 Å². The first kappa shape index (κ1) is 15.5. The Morgan fingerprint density at radius 2 is 2.05 bits per heavy atom. The van der Waals surface area contributed by atoms with Crippen LogP contribution in [0.4, 0.5) is 0 Å². The molecule has 0 bridgehead atoms.